The Balaban J connectivity index is 3.11. The maximum absolute atomic E-state index is 11.4. The molecule has 0 aromatic carbocycles. The molecule has 2 unspecified atom stereocenters. The molecule has 0 spiro atoms. The van der Waals surface area contributed by atoms with Crippen LogP contribution in [0.15, 0.2) is 0 Å². The zero-order valence-corrected chi connectivity index (χ0v) is 10.1. The van der Waals surface area contributed by atoms with Crippen LogP contribution in [0.1, 0.15) is 6.92 Å². The number of carbonyl (C=O) groups is 1. The minimum atomic E-state index is -4.42. The highest BCUT2D eigenvalue weighted by atomic mass is 32.3. The van der Waals surface area contributed by atoms with Gasteiger partial charge in [0.25, 0.3) is 20.2 Å². The molecule has 1 fully saturated rings. The lowest BCUT2D eigenvalue weighted by Gasteiger charge is -2.10. The van der Waals surface area contributed by atoms with Crippen LogP contribution in [0.25, 0.3) is 0 Å². The second-order valence-electron chi connectivity index (χ2n) is 2.95. The van der Waals surface area contributed by atoms with Crippen molar-refractivity contribution in [2.24, 2.45) is 0 Å². The van der Waals surface area contributed by atoms with Crippen LogP contribution in [0, 0.1) is 0 Å². The molecular weight excluding hydrogens is 264 g/mol. The van der Waals surface area contributed by atoms with E-state index in [4.69, 9.17) is 0 Å². The van der Waals surface area contributed by atoms with Crippen molar-refractivity contribution in [1.82, 2.24) is 0 Å². The highest BCUT2D eigenvalue weighted by Gasteiger charge is 2.43. The Morgan fingerprint density at radius 2 is 1.81 bits per heavy atom. The van der Waals surface area contributed by atoms with Crippen LogP contribution in [0.5, 0.6) is 0 Å². The van der Waals surface area contributed by atoms with Gasteiger partial charge in [0.05, 0.1) is 7.11 Å². The van der Waals surface area contributed by atoms with Gasteiger partial charge in [-0.05, 0) is 6.92 Å². The molecule has 0 aromatic heterocycles. The number of ether oxygens (including phenoxy) is 1. The van der Waals surface area contributed by atoms with E-state index < -0.39 is 43.5 Å². The molecule has 16 heavy (non-hydrogen) atoms. The van der Waals surface area contributed by atoms with E-state index in [1.807, 2.05) is 0 Å². The zero-order chi connectivity index (χ0) is 12.6. The number of esters is 1. The molecule has 0 N–H and O–H groups in total. The highest BCUT2D eigenvalue weighted by molar-refractivity contribution is 8.04. The third-order valence-corrected chi connectivity index (χ3v) is 5.92. The Labute approximate surface area is 92.7 Å². The molecule has 1 aliphatic heterocycles. The summed E-state index contributed by atoms with van der Waals surface area (Å²) in [5.74, 6) is -1.02. The largest absolute Gasteiger partial charge is 0.467 e. The van der Waals surface area contributed by atoms with E-state index in [2.05, 4.69) is 13.1 Å². The maximum Gasteiger partial charge on any atom is 0.339 e. The van der Waals surface area contributed by atoms with E-state index >= 15 is 0 Å². The second-order valence-corrected chi connectivity index (χ2v) is 7.06. The van der Waals surface area contributed by atoms with Crippen molar-refractivity contribution in [3.63, 3.8) is 0 Å². The minimum absolute atomic E-state index is 0.724. The van der Waals surface area contributed by atoms with Crippen molar-refractivity contribution in [3.05, 3.63) is 0 Å². The summed E-state index contributed by atoms with van der Waals surface area (Å²) in [6.07, 6.45) is -1.60. The Morgan fingerprint density at radius 3 is 2.31 bits per heavy atom. The molecule has 0 saturated carbocycles. The number of methoxy groups -OCH3 is 1. The first kappa shape index (κ1) is 13.4. The summed E-state index contributed by atoms with van der Waals surface area (Å²) in [5.41, 5.74) is 0. The summed E-state index contributed by atoms with van der Waals surface area (Å²) in [6, 6.07) is 0. The highest BCUT2D eigenvalue weighted by Crippen LogP contribution is 2.20. The van der Waals surface area contributed by atoms with Crippen LogP contribution in [-0.2, 0) is 38.1 Å². The topological polar surface area (TPSA) is 113 Å². The summed E-state index contributed by atoms with van der Waals surface area (Å²) in [6.45, 7) is 0.170. The standard InChI is InChI=1S/C6H10O8S2/c1-4-15(8,9)13-3-5(6(7)12-2)14-16(4,10)11/h4-5H,3H2,1-2H3. The summed E-state index contributed by atoms with van der Waals surface area (Å²) in [7, 11) is -7.71. The molecule has 1 rings (SSSR count). The fourth-order valence-electron chi connectivity index (χ4n) is 0.903. The third kappa shape index (κ3) is 2.51. The van der Waals surface area contributed by atoms with Crippen LogP contribution in [0.3, 0.4) is 0 Å². The van der Waals surface area contributed by atoms with Crippen molar-refractivity contribution in [2.75, 3.05) is 13.7 Å². The zero-order valence-electron chi connectivity index (χ0n) is 8.44. The fourth-order valence-corrected chi connectivity index (χ4v) is 3.48. The molecule has 0 aliphatic carbocycles. The van der Waals surface area contributed by atoms with Gasteiger partial charge in [0.2, 0.25) is 4.58 Å². The SMILES string of the molecule is COC(=O)C1COS(=O)(=O)C(C)S(=O)(=O)O1. The smallest absolute Gasteiger partial charge is 0.339 e. The average Bonchev–Trinajstić information content (AvgIpc) is 2.28. The monoisotopic (exact) mass is 274 g/mol. The van der Waals surface area contributed by atoms with E-state index in [1.54, 1.807) is 0 Å². The lowest BCUT2D eigenvalue weighted by Crippen LogP contribution is -2.32. The summed E-state index contributed by atoms with van der Waals surface area (Å²) in [5, 5.41) is 0. The van der Waals surface area contributed by atoms with Crippen LogP contribution in [0.2, 0.25) is 0 Å². The first-order valence-corrected chi connectivity index (χ1v) is 7.03. The Bertz CT molecular complexity index is 475. The maximum atomic E-state index is 11.4. The van der Waals surface area contributed by atoms with Gasteiger partial charge in [-0.15, -0.1) is 0 Å². The van der Waals surface area contributed by atoms with Crippen LogP contribution in [0.4, 0.5) is 0 Å². The average molecular weight is 274 g/mol. The van der Waals surface area contributed by atoms with Gasteiger partial charge in [0.15, 0.2) is 6.10 Å². The Morgan fingerprint density at radius 1 is 1.25 bits per heavy atom. The van der Waals surface area contributed by atoms with Crippen LogP contribution >= 0.6 is 0 Å². The van der Waals surface area contributed by atoms with E-state index in [1.165, 1.54) is 0 Å². The summed E-state index contributed by atoms with van der Waals surface area (Å²) in [4.78, 5) is 11.0. The van der Waals surface area contributed by atoms with Gasteiger partial charge < -0.3 is 4.74 Å². The first-order chi connectivity index (χ1) is 7.20. The molecule has 0 bridgehead atoms. The van der Waals surface area contributed by atoms with Gasteiger partial charge in [-0.3, -0.25) is 8.37 Å². The molecular formula is C6H10O8S2. The minimum Gasteiger partial charge on any atom is -0.467 e. The van der Waals surface area contributed by atoms with E-state index in [0.29, 0.717) is 0 Å². The van der Waals surface area contributed by atoms with Crippen molar-refractivity contribution < 1.29 is 34.7 Å². The summed E-state index contributed by atoms with van der Waals surface area (Å²) >= 11 is 0. The number of hydrogen-bond acceptors (Lipinski definition) is 8. The first-order valence-electron chi connectivity index (χ1n) is 4.09. The molecule has 0 radical (unpaired) electrons. The number of carbonyl (C=O) groups excluding carboxylic acids is 1. The third-order valence-electron chi connectivity index (χ3n) is 1.91. The molecule has 0 amide bonds. The predicted octanol–water partition coefficient (Wildman–Crippen LogP) is -1.42. The van der Waals surface area contributed by atoms with Gasteiger partial charge in [-0.2, -0.15) is 16.8 Å². The Hall–Kier alpha value is -0.710. The molecule has 1 aliphatic rings. The van der Waals surface area contributed by atoms with Crippen molar-refractivity contribution >= 4 is 26.2 Å². The van der Waals surface area contributed by atoms with Gasteiger partial charge in [0.1, 0.15) is 6.61 Å². The molecule has 1 saturated heterocycles. The summed E-state index contributed by atoms with van der Waals surface area (Å²) < 4.78 is 56.3. The molecule has 94 valence electrons. The van der Waals surface area contributed by atoms with Crippen molar-refractivity contribution in [1.29, 1.82) is 0 Å². The van der Waals surface area contributed by atoms with E-state index in [-0.39, 0.29) is 0 Å². The molecule has 8 nitrogen and oxygen atoms in total. The van der Waals surface area contributed by atoms with E-state index in [9.17, 15) is 21.6 Å². The van der Waals surface area contributed by atoms with Crippen molar-refractivity contribution in [3.8, 4) is 0 Å². The second kappa shape index (κ2) is 4.28. The molecule has 0 aromatic rings. The molecule has 1 heterocycles. The van der Waals surface area contributed by atoms with Crippen molar-refractivity contribution in [2.45, 2.75) is 17.6 Å². The Kier molecular flexibility index (Phi) is 3.57. The van der Waals surface area contributed by atoms with Gasteiger partial charge >= 0.3 is 5.97 Å². The molecule has 10 heteroatoms. The number of rotatable bonds is 1. The lowest BCUT2D eigenvalue weighted by atomic mass is 10.4. The number of hydrogen-bond donors (Lipinski definition) is 0. The van der Waals surface area contributed by atoms with Crippen LogP contribution < -0.4 is 0 Å². The lowest BCUT2D eigenvalue weighted by molar-refractivity contribution is -0.149. The molecule has 2 atom stereocenters. The van der Waals surface area contributed by atoms with E-state index in [0.717, 1.165) is 14.0 Å². The quantitative estimate of drug-likeness (QED) is 0.423. The predicted molar refractivity (Wildman–Crippen MR) is 50.1 cm³/mol. The normalized spacial score (nSPS) is 32.6. The fraction of sp³-hybridized carbons (Fsp3) is 0.833. The van der Waals surface area contributed by atoms with Crippen LogP contribution in [-0.4, -0.2) is 47.2 Å². The van der Waals surface area contributed by atoms with Gasteiger partial charge in [-0.1, -0.05) is 0 Å². The van der Waals surface area contributed by atoms with Gasteiger partial charge in [-0.25, -0.2) is 4.79 Å². The van der Waals surface area contributed by atoms with Gasteiger partial charge in [0, 0.05) is 0 Å².